The van der Waals surface area contributed by atoms with E-state index in [-0.39, 0.29) is 0 Å². The summed E-state index contributed by atoms with van der Waals surface area (Å²) in [6.07, 6.45) is 2.96. The lowest BCUT2D eigenvalue weighted by atomic mass is 10.3. The highest BCUT2D eigenvalue weighted by molar-refractivity contribution is 7.11. The SMILES string of the molecule is CCc1ccc(CNC(=NC)NCc2ccc(-n3nc(C)cc3C)nc2)s1. The first-order valence-electron chi connectivity index (χ1n) is 9.09. The Balaban J connectivity index is 1.54. The van der Waals surface area contributed by atoms with E-state index in [2.05, 4.69) is 50.8 Å². The summed E-state index contributed by atoms with van der Waals surface area (Å²) in [5, 5.41) is 11.2. The molecule has 2 N–H and O–H groups in total. The van der Waals surface area contributed by atoms with Crippen molar-refractivity contribution in [1.82, 2.24) is 25.4 Å². The van der Waals surface area contributed by atoms with E-state index in [1.807, 2.05) is 48.2 Å². The molecule has 0 amide bonds. The highest BCUT2D eigenvalue weighted by atomic mass is 32.1. The molecule has 0 radical (unpaired) electrons. The number of aryl methyl sites for hydroxylation is 3. The maximum atomic E-state index is 4.53. The van der Waals surface area contributed by atoms with Gasteiger partial charge in [0.1, 0.15) is 0 Å². The molecular formula is C20H26N6S. The monoisotopic (exact) mass is 382 g/mol. The first-order valence-corrected chi connectivity index (χ1v) is 9.91. The van der Waals surface area contributed by atoms with Gasteiger partial charge in [0.2, 0.25) is 0 Å². The van der Waals surface area contributed by atoms with E-state index in [9.17, 15) is 0 Å². The predicted molar refractivity (Wildman–Crippen MR) is 112 cm³/mol. The van der Waals surface area contributed by atoms with Gasteiger partial charge in [-0.15, -0.1) is 11.3 Å². The van der Waals surface area contributed by atoms with Crippen molar-refractivity contribution >= 4 is 17.3 Å². The van der Waals surface area contributed by atoms with Gasteiger partial charge in [0, 0.05) is 35.2 Å². The molecule has 6 nitrogen and oxygen atoms in total. The minimum atomic E-state index is 0.661. The van der Waals surface area contributed by atoms with Gasteiger partial charge < -0.3 is 10.6 Å². The van der Waals surface area contributed by atoms with Gasteiger partial charge in [0.15, 0.2) is 11.8 Å². The largest absolute Gasteiger partial charge is 0.352 e. The van der Waals surface area contributed by atoms with Crippen LogP contribution in [0.1, 0.15) is 33.6 Å². The maximum Gasteiger partial charge on any atom is 0.191 e. The Labute approximate surface area is 164 Å². The van der Waals surface area contributed by atoms with Gasteiger partial charge in [-0.2, -0.15) is 5.10 Å². The smallest absolute Gasteiger partial charge is 0.191 e. The van der Waals surface area contributed by atoms with Gasteiger partial charge in [-0.3, -0.25) is 4.99 Å². The molecule has 0 fully saturated rings. The van der Waals surface area contributed by atoms with E-state index in [4.69, 9.17) is 0 Å². The van der Waals surface area contributed by atoms with Gasteiger partial charge in [0.25, 0.3) is 0 Å². The van der Waals surface area contributed by atoms with Crippen molar-refractivity contribution in [1.29, 1.82) is 0 Å². The van der Waals surface area contributed by atoms with Gasteiger partial charge in [-0.25, -0.2) is 9.67 Å². The van der Waals surface area contributed by atoms with Crippen LogP contribution in [0.25, 0.3) is 5.82 Å². The molecule has 3 heterocycles. The summed E-state index contributed by atoms with van der Waals surface area (Å²) in [5.41, 5.74) is 3.16. The van der Waals surface area contributed by atoms with Crippen LogP contribution in [-0.2, 0) is 19.5 Å². The molecule has 0 bridgehead atoms. The molecule has 0 spiro atoms. The Morgan fingerprint density at radius 2 is 1.89 bits per heavy atom. The minimum absolute atomic E-state index is 0.661. The van der Waals surface area contributed by atoms with Gasteiger partial charge in [-0.1, -0.05) is 13.0 Å². The van der Waals surface area contributed by atoms with E-state index in [1.54, 1.807) is 7.05 Å². The average Bonchev–Trinajstić information content (AvgIpc) is 3.28. The first-order chi connectivity index (χ1) is 13.1. The van der Waals surface area contributed by atoms with E-state index >= 15 is 0 Å². The molecule has 27 heavy (non-hydrogen) atoms. The highest BCUT2D eigenvalue weighted by Crippen LogP contribution is 2.16. The van der Waals surface area contributed by atoms with E-state index in [0.717, 1.165) is 41.7 Å². The molecule has 0 saturated carbocycles. The van der Waals surface area contributed by atoms with Crippen LogP contribution in [0.2, 0.25) is 0 Å². The van der Waals surface area contributed by atoms with Gasteiger partial charge >= 0.3 is 0 Å². The third kappa shape index (κ3) is 4.95. The first kappa shape index (κ1) is 19.1. The van der Waals surface area contributed by atoms with E-state index in [0.29, 0.717) is 6.54 Å². The van der Waals surface area contributed by atoms with Crippen molar-refractivity contribution in [2.75, 3.05) is 7.05 Å². The second-order valence-corrected chi connectivity index (χ2v) is 7.62. The molecule has 3 aromatic heterocycles. The van der Waals surface area contributed by atoms with Crippen LogP contribution in [0.3, 0.4) is 0 Å². The molecule has 0 unspecified atom stereocenters. The van der Waals surface area contributed by atoms with Crippen LogP contribution in [0.5, 0.6) is 0 Å². The van der Waals surface area contributed by atoms with Crippen LogP contribution in [-0.4, -0.2) is 27.8 Å². The van der Waals surface area contributed by atoms with Crippen molar-refractivity contribution in [3.8, 4) is 5.82 Å². The van der Waals surface area contributed by atoms with Gasteiger partial charge in [-0.05, 0) is 50.1 Å². The standard InChI is InChI=1S/C20H26N6S/c1-5-17-7-8-18(27-17)13-24-20(21-4)23-12-16-6-9-19(22-11-16)26-15(3)10-14(2)25-26/h6-11H,5,12-13H2,1-4H3,(H2,21,23,24). The summed E-state index contributed by atoms with van der Waals surface area (Å²) in [4.78, 5) is 11.5. The zero-order valence-electron chi connectivity index (χ0n) is 16.3. The third-order valence-corrected chi connectivity index (χ3v) is 5.44. The summed E-state index contributed by atoms with van der Waals surface area (Å²) < 4.78 is 1.86. The van der Waals surface area contributed by atoms with Crippen LogP contribution >= 0.6 is 11.3 Å². The fourth-order valence-electron chi connectivity index (χ4n) is 2.79. The molecule has 3 rings (SSSR count). The van der Waals surface area contributed by atoms with Crippen molar-refractivity contribution in [2.45, 2.75) is 40.3 Å². The molecule has 0 saturated heterocycles. The number of hydrogen-bond acceptors (Lipinski definition) is 4. The fraction of sp³-hybridized carbons (Fsp3) is 0.350. The van der Waals surface area contributed by atoms with Crippen molar-refractivity contribution < 1.29 is 0 Å². The maximum absolute atomic E-state index is 4.53. The number of guanidine groups is 1. The summed E-state index contributed by atoms with van der Waals surface area (Å²) in [6, 6.07) is 10.5. The zero-order chi connectivity index (χ0) is 19.2. The Kier molecular flexibility index (Phi) is 6.24. The lowest BCUT2D eigenvalue weighted by Gasteiger charge is -2.11. The molecule has 3 aromatic rings. The number of thiophene rings is 1. The molecule has 0 atom stereocenters. The summed E-state index contributed by atoms with van der Waals surface area (Å²) >= 11 is 1.84. The minimum Gasteiger partial charge on any atom is -0.352 e. The molecule has 7 heteroatoms. The Morgan fingerprint density at radius 3 is 2.48 bits per heavy atom. The number of pyridine rings is 1. The number of hydrogen-bond donors (Lipinski definition) is 2. The average molecular weight is 383 g/mol. The van der Waals surface area contributed by atoms with Crippen molar-refractivity contribution in [3.05, 3.63) is 63.2 Å². The Bertz CT molecular complexity index is 907. The lowest BCUT2D eigenvalue weighted by Crippen LogP contribution is -2.36. The van der Waals surface area contributed by atoms with E-state index in [1.165, 1.54) is 9.75 Å². The van der Waals surface area contributed by atoms with E-state index < -0.39 is 0 Å². The fourth-order valence-corrected chi connectivity index (χ4v) is 3.69. The Morgan fingerprint density at radius 1 is 1.11 bits per heavy atom. The number of aromatic nitrogens is 3. The molecule has 0 aromatic carbocycles. The van der Waals surface area contributed by atoms with Crippen LogP contribution in [0.4, 0.5) is 0 Å². The highest BCUT2D eigenvalue weighted by Gasteiger charge is 2.06. The van der Waals surface area contributed by atoms with Crippen molar-refractivity contribution in [3.63, 3.8) is 0 Å². The molecule has 0 aliphatic carbocycles. The molecule has 142 valence electrons. The van der Waals surface area contributed by atoms with Crippen LogP contribution < -0.4 is 10.6 Å². The number of nitrogens with zero attached hydrogens (tertiary/aromatic N) is 4. The molecule has 0 aliphatic heterocycles. The van der Waals surface area contributed by atoms with Crippen LogP contribution in [0.15, 0.2) is 41.5 Å². The number of rotatable bonds is 6. The normalized spacial score (nSPS) is 11.6. The second kappa shape index (κ2) is 8.81. The molecular weight excluding hydrogens is 356 g/mol. The predicted octanol–water partition coefficient (Wildman–Crippen LogP) is 3.37. The topological polar surface area (TPSA) is 67.1 Å². The summed E-state index contributed by atoms with van der Waals surface area (Å²) in [7, 11) is 1.78. The Hall–Kier alpha value is -2.67. The summed E-state index contributed by atoms with van der Waals surface area (Å²) in [6.45, 7) is 7.63. The van der Waals surface area contributed by atoms with Crippen molar-refractivity contribution in [2.24, 2.45) is 4.99 Å². The third-order valence-electron chi connectivity index (χ3n) is 4.22. The zero-order valence-corrected chi connectivity index (χ0v) is 17.1. The second-order valence-electron chi connectivity index (χ2n) is 6.36. The quantitative estimate of drug-likeness (QED) is 0.507. The lowest BCUT2D eigenvalue weighted by molar-refractivity contribution is 0.792. The number of aliphatic imine (C=N–C) groups is 1. The molecule has 0 aliphatic rings. The summed E-state index contributed by atoms with van der Waals surface area (Å²) in [5.74, 6) is 1.61. The number of nitrogens with one attached hydrogen (secondary N) is 2. The van der Waals surface area contributed by atoms with Crippen LogP contribution in [0, 0.1) is 13.8 Å². The van der Waals surface area contributed by atoms with Gasteiger partial charge in [0.05, 0.1) is 12.2 Å².